The zero-order valence-electron chi connectivity index (χ0n) is 14.5. The van der Waals surface area contributed by atoms with Gasteiger partial charge in [0.05, 0.1) is 23.3 Å². The summed E-state index contributed by atoms with van der Waals surface area (Å²) < 4.78 is 0. The van der Waals surface area contributed by atoms with Crippen LogP contribution in [-0.2, 0) is 0 Å². The van der Waals surface area contributed by atoms with Gasteiger partial charge in [-0.1, -0.05) is 18.6 Å². The number of nitrogens with two attached hydrogens (primary N) is 1. The fourth-order valence-electron chi connectivity index (χ4n) is 4.10. The molecule has 1 unspecified atom stereocenters. The summed E-state index contributed by atoms with van der Waals surface area (Å²) in [6, 6.07) is 9.06. The first-order valence-corrected chi connectivity index (χ1v) is 8.99. The number of pyridine rings is 1. The monoisotopic (exact) mass is 353 g/mol. The van der Waals surface area contributed by atoms with Gasteiger partial charge in [-0.05, 0) is 37.1 Å². The van der Waals surface area contributed by atoms with Gasteiger partial charge in [0.1, 0.15) is 0 Å². The molecule has 1 fully saturated rings. The molecule has 2 aromatic carbocycles. The fraction of sp³-hybridized carbons (Fsp3) is 0.350. The lowest BCUT2D eigenvalue weighted by atomic mass is 9.91. The molecule has 1 atom stereocenters. The number of phenolic OH excluding ortho intramolecular Hbond substituents is 2. The van der Waals surface area contributed by atoms with E-state index in [1.165, 1.54) is 12.1 Å². The zero-order chi connectivity index (χ0) is 18.3. The smallest absolute Gasteiger partial charge is 0.159 e. The maximum Gasteiger partial charge on any atom is 0.159 e. The summed E-state index contributed by atoms with van der Waals surface area (Å²) in [5.74, 6) is -0.413. The van der Waals surface area contributed by atoms with Crippen LogP contribution in [-0.4, -0.2) is 44.9 Å². The third-order valence-corrected chi connectivity index (χ3v) is 5.33. The molecule has 0 spiro atoms. The van der Waals surface area contributed by atoms with Crippen molar-refractivity contribution in [3.8, 4) is 11.5 Å². The Balaban J connectivity index is 1.95. The van der Waals surface area contributed by atoms with Crippen molar-refractivity contribution in [3.05, 3.63) is 35.9 Å². The Labute approximate surface area is 151 Å². The van der Waals surface area contributed by atoms with Crippen LogP contribution < -0.4 is 5.73 Å². The van der Waals surface area contributed by atoms with E-state index in [1.54, 1.807) is 0 Å². The summed E-state index contributed by atoms with van der Waals surface area (Å²) in [7, 11) is 0. The van der Waals surface area contributed by atoms with Crippen molar-refractivity contribution < 1.29 is 15.3 Å². The van der Waals surface area contributed by atoms with Gasteiger partial charge in [-0.15, -0.1) is 0 Å². The lowest BCUT2D eigenvalue weighted by Gasteiger charge is -2.36. The molecule has 26 heavy (non-hydrogen) atoms. The molecule has 5 N–H and O–H groups in total. The Morgan fingerprint density at radius 3 is 2.73 bits per heavy atom. The number of aliphatic hydroxyl groups excluding tert-OH is 1. The molecule has 0 bridgehead atoms. The molecule has 136 valence electrons. The molecule has 3 aromatic rings. The topological polar surface area (TPSA) is 103 Å². The van der Waals surface area contributed by atoms with Crippen molar-refractivity contribution in [2.45, 2.75) is 25.3 Å². The van der Waals surface area contributed by atoms with Crippen LogP contribution in [0.1, 0.15) is 30.9 Å². The maximum absolute atomic E-state index is 9.87. The van der Waals surface area contributed by atoms with E-state index in [0.717, 1.165) is 42.3 Å². The van der Waals surface area contributed by atoms with Gasteiger partial charge in [-0.25, -0.2) is 4.98 Å². The molecular weight excluding hydrogens is 330 g/mol. The van der Waals surface area contributed by atoms with Crippen LogP contribution in [0.2, 0.25) is 0 Å². The van der Waals surface area contributed by atoms with Crippen molar-refractivity contribution in [1.82, 2.24) is 9.88 Å². The normalized spacial score (nSPS) is 18.6. The standard InChI is InChI=1S/C20H23N3O3/c21-20-13-10-17(25)18(26)11-15(13)22-14-5-3-4-12(19(14)20)16-6-1-2-7-23(16)8-9-24/h3-5,10-11,16,24-26H,1-2,6-9H2,(H2,21,22). The molecular formula is C20H23N3O3. The van der Waals surface area contributed by atoms with Crippen LogP contribution in [0.15, 0.2) is 30.3 Å². The molecule has 6 nitrogen and oxygen atoms in total. The predicted octanol–water partition coefficient (Wildman–Crippen LogP) is 2.90. The van der Waals surface area contributed by atoms with Gasteiger partial charge >= 0.3 is 0 Å². The van der Waals surface area contributed by atoms with E-state index in [2.05, 4.69) is 16.0 Å². The summed E-state index contributed by atoms with van der Waals surface area (Å²) in [6.07, 6.45) is 3.28. The highest BCUT2D eigenvalue weighted by Crippen LogP contribution is 2.40. The summed E-state index contributed by atoms with van der Waals surface area (Å²) in [4.78, 5) is 6.95. The van der Waals surface area contributed by atoms with E-state index < -0.39 is 0 Å². The van der Waals surface area contributed by atoms with Gasteiger partial charge < -0.3 is 21.1 Å². The van der Waals surface area contributed by atoms with Crippen LogP contribution >= 0.6 is 0 Å². The van der Waals surface area contributed by atoms with Crippen LogP contribution in [0.25, 0.3) is 21.8 Å². The molecule has 6 heteroatoms. The Kier molecular flexibility index (Phi) is 4.30. The molecule has 0 aliphatic carbocycles. The van der Waals surface area contributed by atoms with Crippen LogP contribution in [0, 0.1) is 0 Å². The van der Waals surface area contributed by atoms with Crippen LogP contribution in [0.4, 0.5) is 5.69 Å². The molecule has 1 aliphatic rings. The minimum Gasteiger partial charge on any atom is -0.504 e. The number of rotatable bonds is 3. The van der Waals surface area contributed by atoms with Gasteiger partial charge in [-0.3, -0.25) is 4.90 Å². The number of hydrogen-bond donors (Lipinski definition) is 4. The van der Waals surface area contributed by atoms with Crippen LogP contribution in [0.3, 0.4) is 0 Å². The summed E-state index contributed by atoms with van der Waals surface area (Å²) in [5, 5.41) is 30.6. The minimum atomic E-state index is -0.207. The SMILES string of the molecule is Nc1c2cc(O)c(O)cc2nc2cccc(C3CCCCN3CCO)c12. The number of aromatic hydroxyl groups is 2. The zero-order valence-corrected chi connectivity index (χ0v) is 14.5. The van der Waals surface area contributed by atoms with E-state index in [4.69, 9.17) is 5.73 Å². The first-order chi connectivity index (χ1) is 12.6. The lowest BCUT2D eigenvalue weighted by molar-refractivity contribution is 0.118. The number of piperidine rings is 1. The average molecular weight is 353 g/mol. The quantitative estimate of drug-likeness (QED) is 0.426. The summed E-state index contributed by atoms with van der Waals surface area (Å²) >= 11 is 0. The number of benzene rings is 2. The van der Waals surface area contributed by atoms with Crippen LogP contribution in [0.5, 0.6) is 11.5 Å². The molecule has 0 saturated carbocycles. The number of aromatic nitrogens is 1. The number of nitrogen functional groups attached to an aromatic ring is 1. The van der Waals surface area contributed by atoms with Gasteiger partial charge in [0.2, 0.25) is 0 Å². The highest BCUT2D eigenvalue weighted by atomic mass is 16.3. The lowest BCUT2D eigenvalue weighted by Crippen LogP contribution is -2.35. The average Bonchev–Trinajstić information content (AvgIpc) is 2.64. The van der Waals surface area contributed by atoms with Gasteiger partial charge in [0.15, 0.2) is 11.5 Å². The molecule has 0 amide bonds. The van der Waals surface area contributed by atoms with E-state index in [1.807, 2.05) is 12.1 Å². The highest BCUT2D eigenvalue weighted by Gasteiger charge is 2.26. The van der Waals surface area contributed by atoms with Crippen molar-refractivity contribution >= 4 is 27.5 Å². The number of phenols is 2. The predicted molar refractivity (Wildman–Crippen MR) is 102 cm³/mol. The largest absolute Gasteiger partial charge is 0.504 e. The van der Waals surface area contributed by atoms with Crippen molar-refractivity contribution in [3.63, 3.8) is 0 Å². The second-order valence-corrected chi connectivity index (χ2v) is 6.90. The molecule has 0 radical (unpaired) electrons. The maximum atomic E-state index is 9.87. The van der Waals surface area contributed by atoms with E-state index in [9.17, 15) is 15.3 Å². The Morgan fingerprint density at radius 1 is 1.12 bits per heavy atom. The van der Waals surface area contributed by atoms with Gasteiger partial charge in [0.25, 0.3) is 0 Å². The van der Waals surface area contributed by atoms with Crippen molar-refractivity contribution in [2.75, 3.05) is 25.4 Å². The van der Waals surface area contributed by atoms with E-state index in [-0.39, 0.29) is 24.1 Å². The molecule has 1 saturated heterocycles. The first kappa shape index (κ1) is 16.9. The number of likely N-dealkylation sites (tertiary alicyclic amines) is 1. The molecule has 1 aliphatic heterocycles. The number of β-amino-alcohol motifs (C(OH)–C–C–N with tert-alkyl or cyclic N) is 1. The fourth-order valence-corrected chi connectivity index (χ4v) is 4.10. The highest BCUT2D eigenvalue weighted by molar-refractivity contribution is 6.08. The summed E-state index contributed by atoms with van der Waals surface area (Å²) in [6.45, 7) is 1.72. The number of fused-ring (bicyclic) bond motifs is 2. The number of aliphatic hydroxyl groups is 1. The van der Waals surface area contributed by atoms with Gasteiger partial charge in [0, 0.05) is 29.4 Å². The molecule has 2 heterocycles. The van der Waals surface area contributed by atoms with Gasteiger partial charge in [-0.2, -0.15) is 0 Å². The second-order valence-electron chi connectivity index (χ2n) is 6.90. The Bertz CT molecular complexity index is 972. The van der Waals surface area contributed by atoms with Crippen molar-refractivity contribution in [2.24, 2.45) is 0 Å². The van der Waals surface area contributed by atoms with E-state index >= 15 is 0 Å². The van der Waals surface area contributed by atoms with Crippen molar-refractivity contribution in [1.29, 1.82) is 0 Å². The summed E-state index contributed by atoms with van der Waals surface area (Å²) in [5.41, 5.74) is 9.49. The number of hydrogen-bond acceptors (Lipinski definition) is 6. The third kappa shape index (κ3) is 2.71. The molecule has 4 rings (SSSR count). The second kappa shape index (κ2) is 6.63. The molecule has 1 aromatic heterocycles. The third-order valence-electron chi connectivity index (χ3n) is 5.33. The minimum absolute atomic E-state index is 0.130. The Morgan fingerprint density at radius 2 is 1.92 bits per heavy atom. The Hall–Kier alpha value is -2.57. The number of nitrogens with zero attached hydrogens (tertiary/aromatic N) is 2. The van der Waals surface area contributed by atoms with E-state index in [0.29, 0.717) is 23.1 Å². The first-order valence-electron chi connectivity index (χ1n) is 8.99. The number of anilines is 1.